The molecule has 0 aliphatic carbocycles. The minimum atomic E-state index is -0.299. The van der Waals surface area contributed by atoms with E-state index in [2.05, 4.69) is 38.2 Å². The minimum absolute atomic E-state index is 0.299. The molecule has 0 unspecified atom stereocenters. The largest absolute Gasteiger partial charge is 0.381 e. The van der Waals surface area contributed by atoms with Crippen LogP contribution in [0, 0.1) is 0 Å². The van der Waals surface area contributed by atoms with Crippen LogP contribution in [-0.2, 0) is 10.2 Å². The molecule has 6 heteroatoms. The van der Waals surface area contributed by atoms with Crippen LogP contribution in [-0.4, -0.2) is 28.3 Å². The molecule has 0 amide bonds. The first kappa shape index (κ1) is 15.5. The van der Waals surface area contributed by atoms with Gasteiger partial charge in [-0.1, -0.05) is 33.2 Å². The van der Waals surface area contributed by atoms with E-state index < -0.39 is 0 Å². The van der Waals surface area contributed by atoms with Crippen molar-refractivity contribution in [3.05, 3.63) is 64.7 Å². The number of nitrogens with zero attached hydrogens (tertiary/aromatic N) is 3. The molecule has 122 valence electrons. The summed E-state index contributed by atoms with van der Waals surface area (Å²) in [6.07, 6.45) is 5.11. The molecule has 1 aliphatic rings. The standard InChI is InChI=1S/C18H16BrN3O2/c19-15-5-3-14(4-6-15)18(7-10-23-11-8-18)17-21-16(22-24-17)13-2-1-9-20-12-13/h1-6,9,12H,7-8,10-11H2. The second-order valence-corrected chi connectivity index (χ2v) is 6.78. The molecule has 5 nitrogen and oxygen atoms in total. The number of hydrogen-bond acceptors (Lipinski definition) is 5. The molecule has 3 aromatic rings. The summed E-state index contributed by atoms with van der Waals surface area (Å²) in [5, 5.41) is 4.17. The number of pyridine rings is 1. The van der Waals surface area contributed by atoms with Crippen molar-refractivity contribution in [2.75, 3.05) is 13.2 Å². The smallest absolute Gasteiger partial charge is 0.237 e. The van der Waals surface area contributed by atoms with Crippen molar-refractivity contribution in [2.45, 2.75) is 18.3 Å². The number of rotatable bonds is 3. The molecule has 0 saturated carbocycles. The Kier molecular flexibility index (Phi) is 4.16. The van der Waals surface area contributed by atoms with Gasteiger partial charge < -0.3 is 9.26 Å². The Bertz CT molecular complexity index is 812. The average Bonchev–Trinajstić information content (AvgIpc) is 3.14. The Labute approximate surface area is 148 Å². The van der Waals surface area contributed by atoms with E-state index in [-0.39, 0.29) is 5.41 Å². The summed E-state index contributed by atoms with van der Waals surface area (Å²) in [4.78, 5) is 8.81. The maximum Gasteiger partial charge on any atom is 0.237 e. The van der Waals surface area contributed by atoms with Gasteiger partial charge in [-0.3, -0.25) is 4.98 Å². The molecule has 1 aromatic carbocycles. The number of ether oxygens (including phenoxy) is 1. The Morgan fingerprint density at radius 2 is 1.83 bits per heavy atom. The van der Waals surface area contributed by atoms with E-state index in [1.165, 1.54) is 5.56 Å². The van der Waals surface area contributed by atoms with Crippen LogP contribution >= 0.6 is 15.9 Å². The van der Waals surface area contributed by atoms with Crippen molar-refractivity contribution in [3.8, 4) is 11.4 Å². The monoisotopic (exact) mass is 385 g/mol. The Morgan fingerprint density at radius 3 is 2.54 bits per heavy atom. The van der Waals surface area contributed by atoms with Gasteiger partial charge >= 0.3 is 0 Å². The molecule has 0 radical (unpaired) electrons. The van der Waals surface area contributed by atoms with Crippen molar-refractivity contribution in [1.82, 2.24) is 15.1 Å². The Morgan fingerprint density at radius 1 is 1.04 bits per heavy atom. The number of halogens is 1. The highest BCUT2D eigenvalue weighted by Gasteiger charge is 2.41. The molecule has 2 aromatic heterocycles. The highest BCUT2D eigenvalue weighted by Crippen LogP contribution is 2.41. The summed E-state index contributed by atoms with van der Waals surface area (Å²) in [6.45, 7) is 1.36. The summed E-state index contributed by atoms with van der Waals surface area (Å²) in [5.41, 5.74) is 1.73. The SMILES string of the molecule is Brc1ccc(C2(c3nc(-c4cccnc4)no3)CCOCC2)cc1. The fourth-order valence-corrected chi connectivity index (χ4v) is 3.41. The van der Waals surface area contributed by atoms with Crippen LogP contribution in [0.5, 0.6) is 0 Å². The summed E-state index contributed by atoms with van der Waals surface area (Å²) >= 11 is 3.49. The molecular weight excluding hydrogens is 370 g/mol. The van der Waals surface area contributed by atoms with Gasteiger partial charge in [0.15, 0.2) is 0 Å². The van der Waals surface area contributed by atoms with Crippen molar-refractivity contribution in [3.63, 3.8) is 0 Å². The van der Waals surface area contributed by atoms with Crippen LogP contribution in [0.1, 0.15) is 24.3 Å². The molecule has 1 fully saturated rings. The second-order valence-electron chi connectivity index (χ2n) is 5.87. The predicted molar refractivity (Wildman–Crippen MR) is 92.5 cm³/mol. The molecule has 1 saturated heterocycles. The quantitative estimate of drug-likeness (QED) is 0.681. The van der Waals surface area contributed by atoms with E-state index in [0.717, 1.165) is 22.9 Å². The normalized spacial score (nSPS) is 16.9. The van der Waals surface area contributed by atoms with Gasteiger partial charge in [-0.15, -0.1) is 0 Å². The molecule has 4 rings (SSSR count). The van der Waals surface area contributed by atoms with Gasteiger partial charge in [0.2, 0.25) is 11.7 Å². The lowest BCUT2D eigenvalue weighted by Gasteiger charge is -2.34. The first-order valence-corrected chi connectivity index (χ1v) is 8.66. The third kappa shape index (κ3) is 2.76. The summed E-state index contributed by atoms with van der Waals surface area (Å²) in [7, 11) is 0. The Hall–Kier alpha value is -2.05. The molecule has 0 bridgehead atoms. The van der Waals surface area contributed by atoms with Crippen LogP contribution in [0.3, 0.4) is 0 Å². The van der Waals surface area contributed by atoms with Gasteiger partial charge in [-0.05, 0) is 42.7 Å². The van der Waals surface area contributed by atoms with Crippen LogP contribution in [0.2, 0.25) is 0 Å². The molecule has 0 spiro atoms. The average molecular weight is 386 g/mol. The van der Waals surface area contributed by atoms with Crippen LogP contribution in [0.15, 0.2) is 57.8 Å². The Balaban J connectivity index is 1.77. The highest BCUT2D eigenvalue weighted by molar-refractivity contribution is 9.10. The van der Waals surface area contributed by atoms with E-state index in [4.69, 9.17) is 14.2 Å². The maximum absolute atomic E-state index is 5.69. The third-order valence-corrected chi connectivity index (χ3v) is 5.03. The van der Waals surface area contributed by atoms with Crippen LogP contribution in [0.25, 0.3) is 11.4 Å². The van der Waals surface area contributed by atoms with Crippen molar-refractivity contribution < 1.29 is 9.26 Å². The topological polar surface area (TPSA) is 61.0 Å². The molecule has 0 atom stereocenters. The van der Waals surface area contributed by atoms with E-state index in [1.807, 2.05) is 24.3 Å². The van der Waals surface area contributed by atoms with Gasteiger partial charge in [-0.2, -0.15) is 4.98 Å². The lowest BCUT2D eigenvalue weighted by molar-refractivity contribution is 0.0523. The lowest BCUT2D eigenvalue weighted by atomic mass is 9.74. The lowest BCUT2D eigenvalue weighted by Crippen LogP contribution is -2.35. The van der Waals surface area contributed by atoms with E-state index in [9.17, 15) is 0 Å². The molecule has 0 N–H and O–H groups in total. The zero-order chi connectivity index (χ0) is 16.4. The summed E-state index contributed by atoms with van der Waals surface area (Å²) in [6, 6.07) is 12.1. The zero-order valence-corrected chi connectivity index (χ0v) is 14.6. The van der Waals surface area contributed by atoms with Gasteiger partial charge in [0.1, 0.15) is 0 Å². The van der Waals surface area contributed by atoms with Gasteiger partial charge in [0.25, 0.3) is 0 Å². The third-order valence-electron chi connectivity index (χ3n) is 4.50. The first-order valence-electron chi connectivity index (χ1n) is 7.86. The van der Waals surface area contributed by atoms with Crippen molar-refractivity contribution in [1.29, 1.82) is 0 Å². The maximum atomic E-state index is 5.69. The van der Waals surface area contributed by atoms with Gasteiger partial charge in [0.05, 0.1) is 5.41 Å². The van der Waals surface area contributed by atoms with Crippen LogP contribution in [0.4, 0.5) is 0 Å². The van der Waals surface area contributed by atoms with Gasteiger partial charge in [-0.25, -0.2) is 0 Å². The van der Waals surface area contributed by atoms with Crippen molar-refractivity contribution >= 4 is 15.9 Å². The van der Waals surface area contributed by atoms with E-state index in [0.29, 0.717) is 24.9 Å². The number of aromatic nitrogens is 3. The predicted octanol–water partition coefficient (Wildman–Crippen LogP) is 3.99. The van der Waals surface area contributed by atoms with Crippen molar-refractivity contribution in [2.24, 2.45) is 0 Å². The first-order chi connectivity index (χ1) is 11.8. The molecule has 1 aliphatic heterocycles. The number of benzene rings is 1. The number of hydrogen-bond donors (Lipinski definition) is 0. The molecule has 3 heterocycles. The molecule has 24 heavy (non-hydrogen) atoms. The fourth-order valence-electron chi connectivity index (χ4n) is 3.14. The summed E-state index contributed by atoms with van der Waals surface area (Å²) in [5.74, 6) is 1.22. The molecular formula is C18H16BrN3O2. The van der Waals surface area contributed by atoms with E-state index in [1.54, 1.807) is 12.4 Å². The summed E-state index contributed by atoms with van der Waals surface area (Å²) < 4.78 is 12.3. The highest BCUT2D eigenvalue weighted by atomic mass is 79.9. The zero-order valence-electron chi connectivity index (χ0n) is 13.0. The van der Waals surface area contributed by atoms with E-state index >= 15 is 0 Å². The second kappa shape index (κ2) is 6.45. The fraction of sp³-hybridized carbons (Fsp3) is 0.278. The minimum Gasteiger partial charge on any atom is -0.381 e. The van der Waals surface area contributed by atoms with Gasteiger partial charge in [0, 0.05) is 35.6 Å². The van der Waals surface area contributed by atoms with Crippen LogP contribution < -0.4 is 0 Å².